The molecule has 1 aromatic heterocycles. The smallest absolute Gasteiger partial charge is 0.267 e. The highest BCUT2D eigenvalue weighted by molar-refractivity contribution is 7.89. The zero-order chi connectivity index (χ0) is 23.8. The molecule has 33 heavy (non-hydrogen) atoms. The van der Waals surface area contributed by atoms with Crippen LogP contribution in [0.15, 0.2) is 82.6 Å². The third-order valence-electron chi connectivity index (χ3n) is 4.99. The van der Waals surface area contributed by atoms with Crippen molar-refractivity contribution in [3.8, 4) is 22.3 Å². The fourth-order valence-electron chi connectivity index (χ4n) is 3.35. The molecular weight excluding hydrogens is 455 g/mol. The number of benzene rings is 3. The number of primary sulfonamides is 1. The number of nitrogens with zero attached hydrogens (tertiary/aromatic N) is 2. The van der Waals surface area contributed by atoms with Gasteiger partial charge in [-0.25, -0.2) is 31.4 Å². The largest absolute Gasteiger partial charge is 0.275 e. The van der Waals surface area contributed by atoms with E-state index < -0.39 is 33.0 Å². The van der Waals surface area contributed by atoms with Gasteiger partial charge in [0, 0.05) is 5.56 Å². The predicted molar refractivity (Wildman–Crippen MR) is 116 cm³/mol. The molecule has 0 radical (unpaired) electrons. The van der Waals surface area contributed by atoms with Crippen molar-refractivity contribution in [2.24, 2.45) is 5.14 Å². The topological polar surface area (TPSA) is 95.1 Å². The van der Waals surface area contributed by atoms with Gasteiger partial charge in [0.05, 0.1) is 23.2 Å². The summed E-state index contributed by atoms with van der Waals surface area (Å²) < 4.78 is 64.5. The van der Waals surface area contributed by atoms with Gasteiger partial charge in [-0.05, 0) is 53.1 Å². The number of sulfonamides is 1. The molecular formula is C23H16F3N3O3S. The lowest BCUT2D eigenvalue weighted by molar-refractivity contribution is 0.505. The lowest BCUT2D eigenvalue weighted by Crippen LogP contribution is -2.25. The first-order valence-corrected chi connectivity index (χ1v) is 11.1. The van der Waals surface area contributed by atoms with Crippen molar-refractivity contribution < 1.29 is 21.6 Å². The molecule has 0 spiro atoms. The summed E-state index contributed by atoms with van der Waals surface area (Å²) in [6, 6.07) is 14.1. The molecule has 0 fully saturated rings. The van der Waals surface area contributed by atoms with Gasteiger partial charge in [-0.1, -0.05) is 30.3 Å². The highest BCUT2D eigenvalue weighted by atomic mass is 32.2. The van der Waals surface area contributed by atoms with Crippen LogP contribution in [0.5, 0.6) is 0 Å². The Labute approximate surface area is 186 Å². The van der Waals surface area contributed by atoms with Crippen molar-refractivity contribution in [3.63, 3.8) is 0 Å². The first-order chi connectivity index (χ1) is 15.6. The van der Waals surface area contributed by atoms with Crippen LogP contribution in [-0.4, -0.2) is 18.2 Å². The van der Waals surface area contributed by atoms with Crippen molar-refractivity contribution in [3.05, 3.63) is 106 Å². The number of halogens is 3. The average molecular weight is 471 g/mol. The molecule has 0 aliphatic rings. The van der Waals surface area contributed by atoms with E-state index in [4.69, 9.17) is 5.14 Å². The fourth-order valence-corrected chi connectivity index (χ4v) is 3.87. The van der Waals surface area contributed by atoms with E-state index in [-0.39, 0.29) is 17.0 Å². The Balaban J connectivity index is 1.86. The molecule has 4 rings (SSSR count). The monoisotopic (exact) mass is 471 g/mol. The number of aromatic nitrogens is 2. The van der Waals surface area contributed by atoms with Crippen molar-refractivity contribution in [1.29, 1.82) is 0 Å². The summed E-state index contributed by atoms with van der Waals surface area (Å²) >= 11 is 0. The van der Waals surface area contributed by atoms with E-state index in [1.54, 1.807) is 0 Å². The van der Waals surface area contributed by atoms with Gasteiger partial charge in [0.1, 0.15) is 5.82 Å². The number of hydrogen-bond acceptors (Lipinski definition) is 4. The van der Waals surface area contributed by atoms with Crippen LogP contribution in [0.1, 0.15) is 5.56 Å². The average Bonchev–Trinajstić information content (AvgIpc) is 2.78. The van der Waals surface area contributed by atoms with E-state index in [1.165, 1.54) is 60.8 Å². The van der Waals surface area contributed by atoms with Crippen molar-refractivity contribution in [1.82, 2.24) is 9.78 Å². The van der Waals surface area contributed by atoms with Gasteiger partial charge in [-0.15, -0.1) is 0 Å². The molecule has 10 heteroatoms. The molecule has 3 aromatic carbocycles. The molecule has 168 valence electrons. The standard InChI is InChI=1S/C23H16F3N3O3S/c24-17-6-2-16(3-7-17)22-19(15-4-8-18(9-5-15)33(27,31)32)12-28-29(23(22)30)13-14-1-10-20(25)21(26)11-14/h1-12H,13H2,(H2,27,31,32). The third-order valence-corrected chi connectivity index (χ3v) is 5.92. The van der Waals surface area contributed by atoms with Crippen LogP contribution in [0.25, 0.3) is 22.3 Å². The summed E-state index contributed by atoms with van der Waals surface area (Å²) in [5, 5.41) is 9.29. The van der Waals surface area contributed by atoms with Crippen LogP contribution in [-0.2, 0) is 16.6 Å². The van der Waals surface area contributed by atoms with Gasteiger partial charge in [-0.2, -0.15) is 5.10 Å². The summed E-state index contributed by atoms with van der Waals surface area (Å²) in [6.07, 6.45) is 1.39. The zero-order valence-corrected chi connectivity index (χ0v) is 17.7. The van der Waals surface area contributed by atoms with Crippen LogP contribution in [0.3, 0.4) is 0 Å². The summed E-state index contributed by atoms with van der Waals surface area (Å²) in [6.45, 7) is -0.130. The normalized spacial score (nSPS) is 11.5. The van der Waals surface area contributed by atoms with Crippen LogP contribution >= 0.6 is 0 Å². The van der Waals surface area contributed by atoms with Gasteiger partial charge in [0.2, 0.25) is 10.0 Å². The van der Waals surface area contributed by atoms with Gasteiger partial charge >= 0.3 is 0 Å². The molecule has 1 heterocycles. The molecule has 0 saturated heterocycles. The summed E-state index contributed by atoms with van der Waals surface area (Å²) in [5.41, 5.74) is 1.18. The SMILES string of the molecule is NS(=O)(=O)c1ccc(-c2cnn(Cc3ccc(F)c(F)c3)c(=O)c2-c2ccc(F)cc2)cc1. The lowest BCUT2D eigenvalue weighted by Gasteiger charge is -2.13. The maximum absolute atomic E-state index is 13.6. The second kappa shape index (κ2) is 8.64. The number of nitrogens with two attached hydrogens (primary N) is 1. The van der Waals surface area contributed by atoms with E-state index in [1.807, 2.05) is 0 Å². The third kappa shape index (κ3) is 4.71. The molecule has 0 aliphatic heterocycles. The van der Waals surface area contributed by atoms with Gasteiger partial charge in [0.25, 0.3) is 5.56 Å². The van der Waals surface area contributed by atoms with E-state index >= 15 is 0 Å². The van der Waals surface area contributed by atoms with Crippen molar-refractivity contribution >= 4 is 10.0 Å². The van der Waals surface area contributed by atoms with Crippen LogP contribution in [0, 0.1) is 17.5 Å². The Kier molecular flexibility index (Phi) is 5.88. The first-order valence-electron chi connectivity index (χ1n) is 9.57. The van der Waals surface area contributed by atoms with E-state index in [0.29, 0.717) is 22.3 Å². The molecule has 0 bridgehead atoms. The Morgan fingerprint density at radius 3 is 2.09 bits per heavy atom. The Morgan fingerprint density at radius 2 is 1.48 bits per heavy atom. The molecule has 2 N–H and O–H groups in total. The first kappa shape index (κ1) is 22.4. The van der Waals surface area contributed by atoms with E-state index in [9.17, 15) is 26.4 Å². The number of hydrogen-bond donors (Lipinski definition) is 1. The van der Waals surface area contributed by atoms with Crippen LogP contribution in [0.4, 0.5) is 13.2 Å². The highest BCUT2D eigenvalue weighted by Crippen LogP contribution is 2.29. The molecule has 0 amide bonds. The number of rotatable bonds is 5. The maximum atomic E-state index is 13.6. The second-order valence-electron chi connectivity index (χ2n) is 7.22. The lowest BCUT2D eigenvalue weighted by atomic mass is 9.97. The van der Waals surface area contributed by atoms with Crippen molar-refractivity contribution in [2.45, 2.75) is 11.4 Å². The molecule has 0 atom stereocenters. The predicted octanol–water partition coefficient (Wildman–Crippen LogP) is 3.69. The van der Waals surface area contributed by atoms with E-state index in [0.717, 1.165) is 16.8 Å². The Morgan fingerprint density at radius 1 is 0.848 bits per heavy atom. The maximum Gasteiger partial charge on any atom is 0.275 e. The van der Waals surface area contributed by atoms with Gasteiger partial charge in [0.15, 0.2) is 11.6 Å². The minimum absolute atomic E-state index is 0.103. The van der Waals surface area contributed by atoms with Crippen LogP contribution in [0.2, 0.25) is 0 Å². The van der Waals surface area contributed by atoms with Gasteiger partial charge < -0.3 is 0 Å². The highest BCUT2D eigenvalue weighted by Gasteiger charge is 2.17. The minimum atomic E-state index is -3.91. The quantitative estimate of drug-likeness (QED) is 0.480. The minimum Gasteiger partial charge on any atom is -0.267 e. The van der Waals surface area contributed by atoms with Gasteiger partial charge in [-0.3, -0.25) is 4.79 Å². The van der Waals surface area contributed by atoms with Crippen LogP contribution < -0.4 is 10.7 Å². The molecule has 4 aromatic rings. The summed E-state index contributed by atoms with van der Waals surface area (Å²) in [7, 11) is -3.91. The molecule has 0 unspecified atom stereocenters. The molecule has 0 aliphatic carbocycles. The zero-order valence-electron chi connectivity index (χ0n) is 16.9. The molecule has 0 saturated carbocycles. The van der Waals surface area contributed by atoms with E-state index in [2.05, 4.69) is 5.10 Å². The Bertz CT molecular complexity index is 1500. The fraction of sp³-hybridized carbons (Fsp3) is 0.0435. The summed E-state index contributed by atoms with van der Waals surface area (Å²) in [4.78, 5) is 13.3. The second-order valence-corrected chi connectivity index (χ2v) is 8.78. The molecule has 6 nitrogen and oxygen atoms in total. The van der Waals surface area contributed by atoms with Crippen molar-refractivity contribution in [2.75, 3.05) is 0 Å². The summed E-state index contributed by atoms with van der Waals surface area (Å²) in [5.74, 6) is -2.55. The Hall–Kier alpha value is -3.76.